The minimum absolute atomic E-state index is 0.0771. The largest absolute Gasteiger partial charge is 0.481 e. The van der Waals surface area contributed by atoms with E-state index in [-0.39, 0.29) is 11.7 Å². The second-order valence-electron chi connectivity index (χ2n) is 3.07. The Morgan fingerprint density at radius 2 is 2.20 bits per heavy atom. The van der Waals surface area contributed by atoms with Crippen LogP contribution in [0.2, 0.25) is 10.3 Å². The maximum atomic E-state index is 10.5. The highest BCUT2D eigenvalue weighted by molar-refractivity contribution is 6.35. The monoisotopic (exact) mass is 244 g/mol. The summed E-state index contributed by atoms with van der Waals surface area (Å²) in [6.07, 6.45) is -0.0771. The van der Waals surface area contributed by atoms with E-state index in [9.17, 15) is 4.79 Å². The molecule has 78 valence electrons. The number of H-pyrrole nitrogens is 1. The van der Waals surface area contributed by atoms with E-state index >= 15 is 0 Å². The van der Waals surface area contributed by atoms with Crippen molar-refractivity contribution in [1.82, 2.24) is 9.97 Å². The SMILES string of the molecule is O=C(O)Cc1cc(Cl)c2nc(Cl)[nH]c2c1. The Balaban J connectivity index is 2.56. The maximum Gasteiger partial charge on any atom is 0.307 e. The zero-order chi connectivity index (χ0) is 11.0. The number of carbonyl (C=O) groups is 1. The van der Waals surface area contributed by atoms with Gasteiger partial charge in [0.15, 0.2) is 0 Å². The van der Waals surface area contributed by atoms with E-state index in [1.165, 1.54) is 0 Å². The van der Waals surface area contributed by atoms with Gasteiger partial charge in [0.2, 0.25) is 5.28 Å². The lowest BCUT2D eigenvalue weighted by Crippen LogP contribution is -1.99. The Labute approximate surface area is 94.8 Å². The van der Waals surface area contributed by atoms with Crippen LogP contribution in [-0.4, -0.2) is 21.0 Å². The van der Waals surface area contributed by atoms with Crippen LogP contribution in [0.25, 0.3) is 11.0 Å². The Bertz CT molecular complexity index is 536. The van der Waals surface area contributed by atoms with Crippen molar-refractivity contribution in [2.75, 3.05) is 0 Å². The van der Waals surface area contributed by atoms with Crippen molar-refractivity contribution < 1.29 is 9.90 Å². The molecule has 0 amide bonds. The number of carboxylic acid groups (broad SMARTS) is 1. The normalized spacial score (nSPS) is 10.8. The third-order valence-corrected chi connectivity index (χ3v) is 2.39. The van der Waals surface area contributed by atoms with Crippen LogP contribution >= 0.6 is 23.2 Å². The molecule has 2 rings (SSSR count). The van der Waals surface area contributed by atoms with Gasteiger partial charge in [-0.05, 0) is 29.3 Å². The van der Waals surface area contributed by atoms with Gasteiger partial charge < -0.3 is 10.1 Å². The lowest BCUT2D eigenvalue weighted by molar-refractivity contribution is -0.136. The summed E-state index contributed by atoms with van der Waals surface area (Å²) in [5.41, 5.74) is 1.81. The second-order valence-corrected chi connectivity index (χ2v) is 3.84. The number of carboxylic acids is 1. The summed E-state index contributed by atoms with van der Waals surface area (Å²) >= 11 is 11.6. The molecule has 0 saturated heterocycles. The van der Waals surface area contributed by atoms with E-state index in [1.807, 2.05) is 0 Å². The number of rotatable bonds is 2. The van der Waals surface area contributed by atoms with E-state index < -0.39 is 5.97 Å². The molecular formula is C9H6Cl2N2O2. The van der Waals surface area contributed by atoms with Crippen molar-refractivity contribution in [2.24, 2.45) is 0 Å². The number of hydrogen-bond acceptors (Lipinski definition) is 2. The Kier molecular flexibility index (Phi) is 2.54. The summed E-state index contributed by atoms with van der Waals surface area (Å²) in [5.74, 6) is -0.906. The number of aromatic nitrogens is 2. The topological polar surface area (TPSA) is 66.0 Å². The highest BCUT2D eigenvalue weighted by Gasteiger charge is 2.09. The van der Waals surface area contributed by atoms with Crippen LogP contribution < -0.4 is 0 Å². The quantitative estimate of drug-likeness (QED) is 0.854. The van der Waals surface area contributed by atoms with Gasteiger partial charge in [0, 0.05) is 0 Å². The number of halogens is 2. The van der Waals surface area contributed by atoms with Crippen LogP contribution in [0.1, 0.15) is 5.56 Å². The van der Waals surface area contributed by atoms with Crippen molar-refractivity contribution in [2.45, 2.75) is 6.42 Å². The average molecular weight is 245 g/mol. The molecule has 2 N–H and O–H groups in total. The lowest BCUT2D eigenvalue weighted by Gasteiger charge is -1.98. The zero-order valence-corrected chi connectivity index (χ0v) is 8.93. The highest BCUT2D eigenvalue weighted by Crippen LogP contribution is 2.25. The van der Waals surface area contributed by atoms with Gasteiger partial charge in [-0.15, -0.1) is 0 Å². The minimum atomic E-state index is -0.906. The van der Waals surface area contributed by atoms with Gasteiger partial charge in [-0.1, -0.05) is 11.6 Å². The zero-order valence-electron chi connectivity index (χ0n) is 7.42. The highest BCUT2D eigenvalue weighted by atomic mass is 35.5. The van der Waals surface area contributed by atoms with Gasteiger partial charge in [0.05, 0.1) is 17.0 Å². The molecule has 0 unspecified atom stereocenters. The van der Waals surface area contributed by atoms with Crippen molar-refractivity contribution in [3.63, 3.8) is 0 Å². The fraction of sp³-hybridized carbons (Fsp3) is 0.111. The average Bonchev–Trinajstić information content (AvgIpc) is 2.44. The molecule has 0 bridgehead atoms. The first-order valence-corrected chi connectivity index (χ1v) is 4.87. The second kappa shape index (κ2) is 3.72. The molecule has 0 spiro atoms. The van der Waals surface area contributed by atoms with E-state index in [0.29, 0.717) is 21.6 Å². The third kappa shape index (κ3) is 2.06. The van der Waals surface area contributed by atoms with E-state index in [2.05, 4.69) is 9.97 Å². The molecule has 0 atom stereocenters. The summed E-state index contributed by atoms with van der Waals surface area (Å²) in [7, 11) is 0. The number of hydrogen-bond donors (Lipinski definition) is 2. The maximum absolute atomic E-state index is 10.5. The molecule has 0 aliphatic carbocycles. The number of aromatic amines is 1. The summed E-state index contributed by atoms with van der Waals surface area (Å²) in [6.45, 7) is 0. The van der Waals surface area contributed by atoms with Gasteiger partial charge in [0.1, 0.15) is 5.52 Å². The number of nitrogens with zero attached hydrogens (tertiary/aromatic N) is 1. The Hall–Kier alpha value is -1.26. The van der Waals surface area contributed by atoms with Crippen molar-refractivity contribution in [3.05, 3.63) is 28.0 Å². The first kappa shape index (κ1) is 10.3. The molecule has 2 aromatic rings. The molecule has 4 nitrogen and oxygen atoms in total. The lowest BCUT2D eigenvalue weighted by atomic mass is 10.1. The standard InChI is InChI=1S/C9H6Cl2N2O2/c10-5-1-4(3-7(14)15)2-6-8(5)13-9(11)12-6/h1-2H,3H2,(H,12,13)(H,14,15). The molecular weight excluding hydrogens is 239 g/mol. The fourth-order valence-corrected chi connectivity index (χ4v) is 1.85. The fourth-order valence-electron chi connectivity index (χ4n) is 1.38. The minimum Gasteiger partial charge on any atom is -0.481 e. The number of fused-ring (bicyclic) bond motifs is 1. The number of benzene rings is 1. The summed E-state index contributed by atoms with van der Waals surface area (Å²) in [6, 6.07) is 3.25. The Morgan fingerprint density at radius 3 is 2.87 bits per heavy atom. The molecule has 0 fully saturated rings. The summed E-state index contributed by atoms with van der Waals surface area (Å²) < 4.78 is 0. The van der Waals surface area contributed by atoms with Crippen LogP contribution in [0, 0.1) is 0 Å². The first-order chi connectivity index (χ1) is 7.06. The van der Waals surface area contributed by atoms with Gasteiger partial charge in [-0.3, -0.25) is 4.79 Å². The van der Waals surface area contributed by atoms with E-state index in [0.717, 1.165) is 0 Å². The molecule has 0 radical (unpaired) electrons. The molecule has 1 aromatic heterocycles. The number of aliphatic carboxylic acids is 1. The predicted octanol–water partition coefficient (Wildman–Crippen LogP) is 2.50. The van der Waals surface area contributed by atoms with Crippen molar-refractivity contribution in [1.29, 1.82) is 0 Å². The molecule has 1 aromatic carbocycles. The van der Waals surface area contributed by atoms with Crippen molar-refractivity contribution in [3.8, 4) is 0 Å². The molecule has 6 heteroatoms. The van der Waals surface area contributed by atoms with E-state index in [1.54, 1.807) is 12.1 Å². The van der Waals surface area contributed by atoms with Crippen LogP contribution in [0.15, 0.2) is 12.1 Å². The van der Waals surface area contributed by atoms with Crippen LogP contribution in [0.5, 0.6) is 0 Å². The Morgan fingerprint density at radius 1 is 1.47 bits per heavy atom. The van der Waals surface area contributed by atoms with Gasteiger partial charge in [-0.25, -0.2) is 4.98 Å². The summed E-state index contributed by atoms with van der Waals surface area (Å²) in [4.78, 5) is 17.3. The molecule has 0 aliphatic rings. The van der Waals surface area contributed by atoms with Gasteiger partial charge in [0.25, 0.3) is 0 Å². The molecule has 0 saturated carbocycles. The molecule has 15 heavy (non-hydrogen) atoms. The number of imidazole rings is 1. The van der Waals surface area contributed by atoms with Crippen LogP contribution in [0.4, 0.5) is 0 Å². The smallest absolute Gasteiger partial charge is 0.307 e. The predicted molar refractivity (Wildman–Crippen MR) is 57.5 cm³/mol. The third-order valence-electron chi connectivity index (χ3n) is 1.93. The first-order valence-electron chi connectivity index (χ1n) is 4.11. The van der Waals surface area contributed by atoms with E-state index in [4.69, 9.17) is 28.3 Å². The summed E-state index contributed by atoms with van der Waals surface area (Å²) in [5, 5.41) is 9.27. The van der Waals surface area contributed by atoms with Crippen molar-refractivity contribution >= 4 is 40.2 Å². The van der Waals surface area contributed by atoms with Gasteiger partial charge >= 0.3 is 5.97 Å². The van der Waals surface area contributed by atoms with Crippen LogP contribution in [0.3, 0.4) is 0 Å². The molecule has 0 aliphatic heterocycles. The van der Waals surface area contributed by atoms with Crippen LogP contribution in [-0.2, 0) is 11.2 Å². The van der Waals surface area contributed by atoms with Gasteiger partial charge in [-0.2, -0.15) is 0 Å². The molecule has 1 heterocycles. The number of nitrogens with one attached hydrogen (secondary N) is 1.